The van der Waals surface area contributed by atoms with Gasteiger partial charge >= 0.3 is 0 Å². The molecule has 1 N–H and O–H groups in total. The normalized spacial score (nSPS) is 25.5. The maximum absolute atomic E-state index is 11.7. The fraction of sp³-hybridized carbons (Fsp3) is 0.500. The lowest BCUT2D eigenvalue weighted by Crippen LogP contribution is -2.49. The molecule has 1 aromatic rings. The summed E-state index contributed by atoms with van der Waals surface area (Å²) in [4.78, 5) is 22.3. The van der Waals surface area contributed by atoms with Gasteiger partial charge in [-0.3, -0.25) is 14.9 Å². The summed E-state index contributed by atoms with van der Waals surface area (Å²) in [6.45, 7) is 0. The van der Waals surface area contributed by atoms with Crippen molar-refractivity contribution in [1.82, 2.24) is 0 Å². The Labute approximate surface area is 121 Å². The average Bonchev–Trinajstić information content (AvgIpc) is 2.45. The van der Waals surface area contributed by atoms with Crippen molar-refractivity contribution in [1.29, 1.82) is 0 Å². The summed E-state index contributed by atoms with van der Waals surface area (Å²) in [7, 11) is 2.90. The van der Waals surface area contributed by atoms with Crippen LogP contribution in [0.3, 0.4) is 0 Å². The summed E-state index contributed by atoms with van der Waals surface area (Å²) in [5, 5.41) is 22.0. The van der Waals surface area contributed by atoms with Crippen molar-refractivity contribution in [3.63, 3.8) is 0 Å². The van der Waals surface area contributed by atoms with Crippen LogP contribution in [0, 0.1) is 10.1 Å². The van der Waals surface area contributed by atoms with E-state index in [2.05, 4.69) is 0 Å². The fourth-order valence-electron chi connectivity index (χ4n) is 2.72. The molecule has 2 rings (SSSR count). The minimum absolute atomic E-state index is 0.0245. The van der Waals surface area contributed by atoms with Crippen molar-refractivity contribution in [2.45, 2.75) is 30.9 Å². The Morgan fingerprint density at radius 2 is 2.00 bits per heavy atom. The Kier molecular flexibility index (Phi) is 4.13. The molecule has 0 saturated heterocycles. The summed E-state index contributed by atoms with van der Waals surface area (Å²) in [6, 6.07) is 3.35. The highest BCUT2D eigenvalue weighted by molar-refractivity contribution is 5.81. The number of carbonyl (C=O) groups excluding carboxylic acids is 1. The van der Waals surface area contributed by atoms with Crippen molar-refractivity contribution in [3.05, 3.63) is 33.9 Å². The fourth-order valence-corrected chi connectivity index (χ4v) is 2.72. The van der Waals surface area contributed by atoms with E-state index in [1.54, 1.807) is 6.07 Å². The van der Waals surface area contributed by atoms with Gasteiger partial charge in [-0.2, -0.15) is 0 Å². The van der Waals surface area contributed by atoms with E-state index in [9.17, 15) is 20.0 Å². The van der Waals surface area contributed by atoms with E-state index in [1.165, 1.54) is 26.4 Å². The van der Waals surface area contributed by atoms with Gasteiger partial charge in [0.1, 0.15) is 5.78 Å². The van der Waals surface area contributed by atoms with Crippen LogP contribution < -0.4 is 9.47 Å². The molecule has 1 aliphatic carbocycles. The molecule has 2 unspecified atom stereocenters. The van der Waals surface area contributed by atoms with Gasteiger partial charge in [0, 0.05) is 24.2 Å². The number of aliphatic hydroxyl groups is 1. The number of hydrogen-bond acceptors (Lipinski definition) is 6. The highest BCUT2D eigenvalue weighted by Gasteiger charge is 2.51. The number of benzene rings is 1. The minimum atomic E-state index is -1.82. The minimum Gasteiger partial charge on any atom is -0.493 e. The van der Waals surface area contributed by atoms with Crippen molar-refractivity contribution >= 4 is 5.78 Å². The molecule has 1 fully saturated rings. The molecular formula is C14H17NO6. The maximum atomic E-state index is 11.7. The Balaban J connectivity index is 2.49. The topological polar surface area (TPSA) is 98.9 Å². The van der Waals surface area contributed by atoms with Gasteiger partial charge in [-0.15, -0.1) is 0 Å². The van der Waals surface area contributed by atoms with Gasteiger partial charge in [0.05, 0.1) is 14.2 Å². The van der Waals surface area contributed by atoms with E-state index in [1.807, 2.05) is 0 Å². The molecule has 1 saturated carbocycles. The van der Waals surface area contributed by atoms with Gasteiger partial charge < -0.3 is 14.6 Å². The Morgan fingerprint density at radius 3 is 2.57 bits per heavy atom. The van der Waals surface area contributed by atoms with Crippen LogP contribution in [0.2, 0.25) is 0 Å². The standard InChI is InChI=1S/C14H17NO6/c1-20-11-5-3-9(7-12(11)21-2)14(17)8-10(16)4-6-13(14)15(18)19/h3,5,7,13,17H,4,6,8H2,1-2H3. The molecule has 1 aliphatic rings. The number of nitrogens with zero attached hydrogens (tertiary/aromatic N) is 1. The van der Waals surface area contributed by atoms with E-state index in [0.717, 1.165) is 0 Å². The summed E-state index contributed by atoms with van der Waals surface area (Å²) in [5.41, 5.74) is -1.53. The van der Waals surface area contributed by atoms with Crippen LogP contribution in [-0.4, -0.2) is 36.1 Å². The monoisotopic (exact) mass is 295 g/mol. The van der Waals surface area contributed by atoms with Crippen LogP contribution in [-0.2, 0) is 10.4 Å². The lowest BCUT2D eigenvalue weighted by atomic mass is 9.75. The van der Waals surface area contributed by atoms with Crippen LogP contribution >= 0.6 is 0 Å². The van der Waals surface area contributed by atoms with E-state index < -0.39 is 16.6 Å². The summed E-state index contributed by atoms with van der Waals surface area (Å²) >= 11 is 0. The third-order valence-electron chi connectivity index (χ3n) is 3.85. The van der Waals surface area contributed by atoms with Crippen LogP contribution in [0.4, 0.5) is 0 Å². The van der Waals surface area contributed by atoms with E-state index in [4.69, 9.17) is 9.47 Å². The number of methoxy groups -OCH3 is 2. The molecule has 0 heterocycles. The van der Waals surface area contributed by atoms with Gasteiger partial charge in [0.2, 0.25) is 6.04 Å². The summed E-state index contributed by atoms with van der Waals surface area (Å²) in [5.74, 6) is 0.610. The number of ether oxygens (including phenoxy) is 2. The molecule has 0 amide bonds. The third kappa shape index (κ3) is 2.69. The average molecular weight is 295 g/mol. The van der Waals surface area contributed by atoms with Crippen molar-refractivity contribution in [2.75, 3.05) is 14.2 Å². The van der Waals surface area contributed by atoms with E-state index >= 15 is 0 Å². The maximum Gasteiger partial charge on any atom is 0.246 e. The first kappa shape index (κ1) is 15.2. The predicted molar refractivity (Wildman–Crippen MR) is 73.1 cm³/mol. The quantitative estimate of drug-likeness (QED) is 0.663. The number of rotatable bonds is 4. The molecule has 7 heteroatoms. The molecule has 0 aromatic heterocycles. The molecule has 0 bridgehead atoms. The number of carbonyl (C=O) groups is 1. The Hall–Kier alpha value is -2.15. The first-order chi connectivity index (χ1) is 9.92. The van der Waals surface area contributed by atoms with Gasteiger partial charge in [-0.05, 0) is 17.7 Å². The number of ketones is 1. The van der Waals surface area contributed by atoms with Crippen LogP contribution in [0.1, 0.15) is 24.8 Å². The molecule has 0 aliphatic heterocycles. The second-order valence-corrected chi connectivity index (χ2v) is 5.05. The summed E-state index contributed by atoms with van der Waals surface area (Å²) < 4.78 is 10.2. The molecular weight excluding hydrogens is 278 g/mol. The van der Waals surface area contributed by atoms with Crippen molar-refractivity contribution in [2.24, 2.45) is 0 Å². The zero-order chi connectivity index (χ0) is 15.6. The van der Waals surface area contributed by atoms with Crippen LogP contribution in [0.25, 0.3) is 0 Å². The second kappa shape index (κ2) is 5.69. The zero-order valence-electron chi connectivity index (χ0n) is 11.9. The highest BCUT2D eigenvalue weighted by atomic mass is 16.6. The molecule has 114 valence electrons. The largest absolute Gasteiger partial charge is 0.493 e. The van der Waals surface area contributed by atoms with Gasteiger partial charge in [-0.25, -0.2) is 0 Å². The van der Waals surface area contributed by atoms with Gasteiger partial charge in [-0.1, -0.05) is 6.07 Å². The molecule has 2 atom stereocenters. The van der Waals surface area contributed by atoms with Gasteiger partial charge in [0.15, 0.2) is 17.1 Å². The third-order valence-corrected chi connectivity index (χ3v) is 3.85. The summed E-state index contributed by atoms with van der Waals surface area (Å²) in [6.07, 6.45) is -0.133. The number of nitro groups is 1. The number of Topliss-reactive ketones (excluding diaryl/α,β-unsaturated/α-hetero) is 1. The molecule has 1 aromatic carbocycles. The number of hydrogen-bond donors (Lipinski definition) is 1. The van der Waals surface area contributed by atoms with Crippen molar-refractivity contribution in [3.8, 4) is 11.5 Å². The molecule has 7 nitrogen and oxygen atoms in total. The van der Waals surface area contributed by atoms with Crippen LogP contribution in [0.15, 0.2) is 18.2 Å². The van der Waals surface area contributed by atoms with Crippen molar-refractivity contribution < 1.29 is 24.3 Å². The SMILES string of the molecule is COc1ccc(C2(O)CC(=O)CCC2[N+](=O)[O-])cc1OC. The van der Waals surface area contributed by atoms with Crippen LogP contribution in [0.5, 0.6) is 11.5 Å². The second-order valence-electron chi connectivity index (χ2n) is 5.05. The van der Waals surface area contributed by atoms with E-state index in [0.29, 0.717) is 11.5 Å². The smallest absolute Gasteiger partial charge is 0.246 e. The van der Waals surface area contributed by atoms with E-state index in [-0.39, 0.29) is 30.6 Å². The first-order valence-corrected chi connectivity index (χ1v) is 6.52. The zero-order valence-corrected chi connectivity index (χ0v) is 11.9. The Bertz CT molecular complexity index is 573. The molecule has 21 heavy (non-hydrogen) atoms. The van der Waals surface area contributed by atoms with Gasteiger partial charge in [0.25, 0.3) is 0 Å². The predicted octanol–water partition coefficient (Wildman–Crippen LogP) is 1.29. The molecule has 0 radical (unpaired) electrons. The first-order valence-electron chi connectivity index (χ1n) is 6.52. The lowest BCUT2D eigenvalue weighted by molar-refractivity contribution is -0.550. The highest BCUT2D eigenvalue weighted by Crippen LogP contribution is 2.40. The lowest BCUT2D eigenvalue weighted by Gasteiger charge is -2.34. The Morgan fingerprint density at radius 1 is 1.33 bits per heavy atom. The molecule has 0 spiro atoms.